The Morgan fingerprint density at radius 1 is 1.18 bits per heavy atom. The zero-order chi connectivity index (χ0) is 8.69. The minimum absolute atomic E-state index is 0.345. The van der Waals surface area contributed by atoms with E-state index in [0.29, 0.717) is 25.7 Å². The maximum atomic E-state index is 9.11. The van der Waals surface area contributed by atoms with Gasteiger partial charge in [0.25, 0.3) is 0 Å². The molecule has 0 fully saturated rings. The molecule has 0 heterocycles. The Balaban J connectivity index is 3.10. The van der Waals surface area contributed by atoms with Gasteiger partial charge in [-0.3, -0.25) is 0 Å². The van der Waals surface area contributed by atoms with Crippen molar-refractivity contribution in [3.05, 3.63) is 0 Å². The summed E-state index contributed by atoms with van der Waals surface area (Å²) in [4.78, 5) is 0. The zero-order valence-corrected chi connectivity index (χ0v) is 7.54. The van der Waals surface area contributed by atoms with Crippen LogP contribution in [0.5, 0.6) is 0 Å². The summed E-state index contributed by atoms with van der Waals surface area (Å²) in [6.45, 7) is 5.55. The second kappa shape index (κ2) is 6.58. The molecule has 0 aromatic carbocycles. The first-order chi connectivity index (χ1) is 5.16. The molecule has 68 valence electrons. The van der Waals surface area contributed by atoms with Gasteiger partial charge in [0.15, 0.2) is 0 Å². The van der Waals surface area contributed by atoms with Gasteiger partial charge in [0.1, 0.15) is 6.10 Å². The molecule has 3 heteroatoms. The van der Waals surface area contributed by atoms with Crippen LogP contribution in [-0.2, 0) is 9.47 Å². The molecular weight excluding hydrogens is 144 g/mol. The highest BCUT2D eigenvalue weighted by molar-refractivity contribution is 4.50. The van der Waals surface area contributed by atoms with E-state index in [-0.39, 0.29) is 0 Å². The molecular formula is C8H18O3. The number of aliphatic hydroxyl groups is 1. The largest absolute Gasteiger partial charge is 0.388 e. The van der Waals surface area contributed by atoms with E-state index >= 15 is 0 Å². The maximum Gasteiger partial charge on any atom is 0.101 e. The lowest BCUT2D eigenvalue weighted by atomic mass is 10.2. The van der Waals surface area contributed by atoms with E-state index in [9.17, 15) is 0 Å². The number of rotatable bonds is 6. The predicted octanol–water partition coefficient (Wildman–Crippen LogP) is 0.666. The predicted molar refractivity (Wildman–Crippen MR) is 43.5 cm³/mol. The lowest BCUT2D eigenvalue weighted by Gasteiger charge is -2.11. The highest BCUT2D eigenvalue weighted by Gasteiger charge is 2.03. The van der Waals surface area contributed by atoms with Gasteiger partial charge in [-0.05, 0) is 5.92 Å². The Hall–Kier alpha value is -0.120. The normalized spacial score (nSPS) is 13.9. The number of ether oxygens (including phenoxy) is 2. The third-order valence-corrected chi connectivity index (χ3v) is 1.12. The molecule has 0 amide bonds. The van der Waals surface area contributed by atoms with Crippen LogP contribution < -0.4 is 0 Å². The summed E-state index contributed by atoms with van der Waals surface area (Å²) in [6.07, 6.45) is -0.487. The smallest absolute Gasteiger partial charge is 0.101 e. The molecule has 0 aliphatic heterocycles. The van der Waals surface area contributed by atoms with E-state index in [1.807, 2.05) is 0 Å². The van der Waals surface area contributed by atoms with Gasteiger partial charge in [-0.2, -0.15) is 0 Å². The topological polar surface area (TPSA) is 38.7 Å². The number of hydrogen-bond acceptors (Lipinski definition) is 3. The van der Waals surface area contributed by atoms with E-state index in [2.05, 4.69) is 13.8 Å². The average molecular weight is 162 g/mol. The number of aliphatic hydroxyl groups excluding tert-OH is 1. The van der Waals surface area contributed by atoms with Crippen LogP contribution >= 0.6 is 0 Å². The van der Waals surface area contributed by atoms with Crippen LogP contribution in [0.2, 0.25) is 0 Å². The monoisotopic (exact) mass is 162 g/mol. The van der Waals surface area contributed by atoms with Gasteiger partial charge in [0.05, 0.1) is 13.2 Å². The summed E-state index contributed by atoms with van der Waals surface area (Å²) in [6, 6.07) is 0. The third kappa shape index (κ3) is 7.78. The van der Waals surface area contributed by atoms with E-state index < -0.39 is 6.10 Å². The quantitative estimate of drug-likeness (QED) is 0.623. The molecule has 0 saturated carbocycles. The van der Waals surface area contributed by atoms with Gasteiger partial charge in [-0.1, -0.05) is 13.8 Å². The molecule has 1 N–H and O–H groups in total. The molecule has 11 heavy (non-hydrogen) atoms. The lowest BCUT2D eigenvalue weighted by molar-refractivity contribution is -0.0123. The van der Waals surface area contributed by atoms with Crippen LogP contribution in [0.4, 0.5) is 0 Å². The first-order valence-electron chi connectivity index (χ1n) is 3.91. The third-order valence-electron chi connectivity index (χ3n) is 1.12. The van der Waals surface area contributed by atoms with Gasteiger partial charge < -0.3 is 14.6 Å². The molecule has 0 radical (unpaired) electrons. The minimum Gasteiger partial charge on any atom is -0.388 e. The van der Waals surface area contributed by atoms with Gasteiger partial charge in [-0.15, -0.1) is 0 Å². The summed E-state index contributed by atoms with van der Waals surface area (Å²) in [5.41, 5.74) is 0. The minimum atomic E-state index is -0.487. The van der Waals surface area contributed by atoms with Crippen molar-refractivity contribution in [1.29, 1.82) is 0 Å². The van der Waals surface area contributed by atoms with Crippen molar-refractivity contribution < 1.29 is 14.6 Å². The van der Waals surface area contributed by atoms with E-state index in [1.165, 1.54) is 0 Å². The van der Waals surface area contributed by atoms with Crippen LogP contribution in [0.15, 0.2) is 0 Å². The molecule has 0 aliphatic rings. The van der Waals surface area contributed by atoms with Crippen molar-refractivity contribution in [2.24, 2.45) is 5.92 Å². The summed E-state index contributed by atoms with van der Waals surface area (Å²) in [5, 5.41) is 9.11. The molecule has 0 unspecified atom stereocenters. The fraction of sp³-hybridized carbons (Fsp3) is 1.00. The van der Waals surface area contributed by atoms with Crippen LogP contribution in [0.3, 0.4) is 0 Å². The Labute approximate surface area is 68.3 Å². The van der Waals surface area contributed by atoms with Gasteiger partial charge in [0.2, 0.25) is 0 Å². The molecule has 0 aromatic heterocycles. The highest BCUT2D eigenvalue weighted by Crippen LogP contribution is 1.93. The van der Waals surface area contributed by atoms with E-state index in [0.717, 1.165) is 0 Å². The van der Waals surface area contributed by atoms with Crippen molar-refractivity contribution in [2.45, 2.75) is 20.0 Å². The SMILES string of the molecule is COC[C@@H](O)COCC(C)C. The van der Waals surface area contributed by atoms with Gasteiger partial charge in [0, 0.05) is 13.7 Å². The Morgan fingerprint density at radius 2 is 1.82 bits per heavy atom. The Bertz CT molecular complexity index is 83.4. The van der Waals surface area contributed by atoms with Crippen molar-refractivity contribution in [2.75, 3.05) is 26.9 Å². The van der Waals surface area contributed by atoms with E-state index in [4.69, 9.17) is 14.6 Å². The van der Waals surface area contributed by atoms with Crippen LogP contribution in [0.25, 0.3) is 0 Å². The summed E-state index contributed by atoms with van der Waals surface area (Å²) >= 11 is 0. The summed E-state index contributed by atoms with van der Waals surface area (Å²) in [5.74, 6) is 0.518. The zero-order valence-electron chi connectivity index (χ0n) is 7.54. The number of methoxy groups -OCH3 is 1. The van der Waals surface area contributed by atoms with Crippen LogP contribution in [0, 0.1) is 5.92 Å². The fourth-order valence-electron chi connectivity index (χ4n) is 0.680. The molecule has 0 aromatic rings. The van der Waals surface area contributed by atoms with Crippen molar-refractivity contribution >= 4 is 0 Å². The molecule has 0 aliphatic carbocycles. The first-order valence-corrected chi connectivity index (χ1v) is 3.91. The molecule has 0 saturated heterocycles. The van der Waals surface area contributed by atoms with Crippen molar-refractivity contribution in [3.8, 4) is 0 Å². The first kappa shape index (κ1) is 10.9. The molecule has 3 nitrogen and oxygen atoms in total. The van der Waals surface area contributed by atoms with Gasteiger partial charge in [-0.25, -0.2) is 0 Å². The van der Waals surface area contributed by atoms with E-state index in [1.54, 1.807) is 7.11 Å². The second-order valence-electron chi connectivity index (χ2n) is 3.04. The Morgan fingerprint density at radius 3 is 2.27 bits per heavy atom. The van der Waals surface area contributed by atoms with Crippen molar-refractivity contribution in [3.63, 3.8) is 0 Å². The molecule has 0 spiro atoms. The second-order valence-corrected chi connectivity index (χ2v) is 3.04. The summed E-state index contributed by atoms with van der Waals surface area (Å²) in [7, 11) is 1.56. The van der Waals surface area contributed by atoms with Gasteiger partial charge >= 0.3 is 0 Å². The molecule has 1 atom stereocenters. The Kier molecular flexibility index (Phi) is 6.51. The van der Waals surface area contributed by atoms with Crippen molar-refractivity contribution in [1.82, 2.24) is 0 Å². The molecule has 0 bridgehead atoms. The standard InChI is InChI=1S/C8H18O3/c1-7(2)4-11-6-8(9)5-10-3/h7-9H,4-6H2,1-3H3/t8-/m1/s1. The molecule has 0 rings (SSSR count). The fourth-order valence-corrected chi connectivity index (χ4v) is 0.680. The highest BCUT2D eigenvalue weighted by atomic mass is 16.5. The lowest BCUT2D eigenvalue weighted by Crippen LogP contribution is -2.21. The summed E-state index contributed by atoms with van der Waals surface area (Å²) < 4.78 is 9.91. The maximum absolute atomic E-state index is 9.11. The average Bonchev–Trinajstić information content (AvgIpc) is 1.87. The van der Waals surface area contributed by atoms with Crippen LogP contribution in [0.1, 0.15) is 13.8 Å². The number of hydrogen-bond donors (Lipinski definition) is 1. The van der Waals surface area contributed by atoms with Crippen LogP contribution in [-0.4, -0.2) is 38.1 Å².